The summed E-state index contributed by atoms with van der Waals surface area (Å²) in [6, 6.07) is 6.24. The molecule has 1 nitrogen and oxygen atoms in total. The fourth-order valence-electron chi connectivity index (χ4n) is 1.66. The largest absolute Gasteiger partial charge is 0.495 e. The Balaban J connectivity index is 2.69. The van der Waals surface area contributed by atoms with Crippen LogP contribution >= 0.6 is 11.3 Å². The van der Waals surface area contributed by atoms with Crippen molar-refractivity contribution in [1.82, 2.24) is 0 Å². The van der Waals surface area contributed by atoms with Crippen LogP contribution in [0.25, 0.3) is 10.1 Å². The molecule has 2 heteroatoms. The quantitative estimate of drug-likeness (QED) is 0.720. The van der Waals surface area contributed by atoms with E-state index in [0.717, 1.165) is 5.75 Å². The third kappa shape index (κ3) is 1.40. The van der Waals surface area contributed by atoms with E-state index in [1.165, 1.54) is 15.6 Å². The molecule has 0 saturated heterocycles. The van der Waals surface area contributed by atoms with Gasteiger partial charge in [-0.05, 0) is 28.3 Å². The van der Waals surface area contributed by atoms with Gasteiger partial charge in [-0.15, -0.1) is 11.3 Å². The Morgan fingerprint density at radius 1 is 1.29 bits per heavy atom. The first kappa shape index (κ1) is 9.53. The standard InChI is InChI=1S/C12H14OS/c1-8(2)10-7-14-12-9(10)5-4-6-11(12)13-3/h4-8H,1-3H3. The summed E-state index contributed by atoms with van der Waals surface area (Å²) in [4.78, 5) is 0. The number of fused-ring (bicyclic) bond motifs is 1. The minimum Gasteiger partial charge on any atom is -0.495 e. The molecule has 0 atom stereocenters. The van der Waals surface area contributed by atoms with Crippen LogP contribution in [0.2, 0.25) is 0 Å². The van der Waals surface area contributed by atoms with Gasteiger partial charge in [-0.2, -0.15) is 0 Å². The van der Waals surface area contributed by atoms with Crippen molar-refractivity contribution in [2.24, 2.45) is 0 Å². The average Bonchev–Trinajstić information content (AvgIpc) is 2.60. The lowest BCUT2D eigenvalue weighted by molar-refractivity contribution is 0.420. The summed E-state index contributed by atoms with van der Waals surface area (Å²) in [5, 5.41) is 3.57. The van der Waals surface area contributed by atoms with Crippen molar-refractivity contribution in [2.75, 3.05) is 7.11 Å². The second-order valence-electron chi connectivity index (χ2n) is 3.68. The highest BCUT2D eigenvalue weighted by Crippen LogP contribution is 2.36. The fourth-order valence-corrected chi connectivity index (χ4v) is 2.88. The predicted molar refractivity (Wildman–Crippen MR) is 62.5 cm³/mol. The van der Waals surface area contributed by atoms with Crippen LogP contribution in [-0.2, 0) is 0 Å². The molecular formula is C12H14OS. The van der Waals surface area contributed by atoms with Crippen molar-refractivity contribution in [3.05, 3.63) is 29.1 Å². The van der Waals surface area contributed by atoms with Gasteiger partial charge in [-0.25, -0.2) is 0 Å². The van der Waals surface area contributed by atoms with Gasteiger partial charge >= 0.3 is 0 Å². The molecule has 2 aromatic rings. The smallest absolute Gasteiger partial charge is 0.136 e. The molecule has 0 aliphatic heterocycles. The molecule has 0 bridgehead atoms. The highest BCUT2D eigenvalue weighted by molar-refractivity contribution is 7.17. The minimum absolute atomic E-state index is 0.579. The molecule has 0 N–H and O–H groups in total. The number of thiophene rings is 1. The second-order valence-corrected chi connectivity index (χ2v) is 4.56. The number of hydrogen-bond donors (Lipinski definition) is 0. The van der Waals surface area contributed by atoms with Crippen molar-refractivity contribution in [3.8, 4) is 5.75 Å². The summed E-state index contributed by atoms with van der Waals surface area (Å²) in [5.74, 6) is 1.57. The monoisotopic (exact) mass is 206 g/mol. The van der Waals surface area contributed by atoms with E-state index in [2.05, 4.69) is 31.4 Å². The third-order valence-corrected chi connectivity index (χ3v) is 3.46. The summed E-state index contributed by atoms with van der Waals surface area (Å²) in [5.41, 5.74) is 1.42. The molecule has 0 saturated carbocycles. The molecule has 0 aliphatic carbocycles. The molecule has 0 aliphatic rings. The molecule has 14 heavy (non-hydrogen) atoms. The first-order valence-electron chi connectivity index (χ1n) is 4.78. The molecule has 0 radical (unpaired) electrons. The topological polar surface area (TPSA) is 9.23 Å². The van der Waals surface area contributed by atoms with Gasteiger partial charge in [-0.3, -0.25) is 0 Å². The van der Waals surface area contributed by atoms with Gasteiger partial charge < -0.3 is 4.74 Å². The number of hydrogen-bond acceptors (Lipinski definition) is 2. The van der Waals surface area contributed by atoms with Crippen LogP contribution in [0.1, 0.15) is 25.3 Å². The zero-order valence-corrected chi connectivity index (χ0v) is 9.52. The van der Waals surface area contributed by atoms with E-state index < -0.39 is 0 Å². The van der Waals surface area contributed by atoms with Crippen LogP contribution in [0.15, 0.2) is 23.6 Å². The summed E-state index contributed by atoms with van der Waals surface area (Å²) < 4.78 is 6.59. The second kappa shape index (κ2) is 3.62. The lowest BCUT2D eigenvalue weighted by Gasteiger charge is -2.04. The maximum Gasteiger partial charge on any atom is 0.136 e. The SMILES string of the molecule is COc1cccc2c(C(C)C)csc12. The molecule has 1 aromatic carbocycles. The van der Waals surface area contributed by atoms with Gasteiger partial charge in [0.2, 0.25) is 0 Å². The molecule has 2 rings (SSSR count). The summed E-state index contributed by atoms with van der Waals surface area (Å²) >= 11 is 1.77. The highest BCUT2D eigenvalue weighted by atomic mass is 32.1. The number of benzene rings is 1. The van der Waals surface area contributed by atoms with Gasteiger partial charge in [0.15, 0.2) is 0 Å². The van der Waals surface area contributed by atoms with E-state index in [0.29, 0.717) is 5.92 Å². The van der Waals surface area contributed by atoms with Gasteiger partial charge in [0.05, 0.1) is 11.8 Å². The van der Waals surface area contributed by atoms with Gasteiger partial charge in [0.1, 0.15) is 5.75 Å². The fraction of sp³-hybridized carbons (Fsp3) is 0.333. The van der Waals surface area contributed by atoms with Gasteiger partial charge in [-0.1, -0.05) is 26.0 Å². The molecular weight excluding hydrogens is 192 g/mol. The zero-order chi connectivity index (χ0) is 10.1. The van der Waals surface area contributed by atoms with Crippen LogP contribution in [0.5, 0.6) is 5.75 Å². The summed E-state index contributed by atoms with van der Waals surface area (Å²) in [6.45, 7) is 4.45. The van der Waals surface area contributed by atoms with E-state index in [9.17, 15) is 0 Å². The van der Waals surface area contributed by atoms with Crippen molar-refractivity contribution < 1.29 is 4.74 Å². The lowest BCUT2D eigenvalue weighted by atomic mass is 10.0. The van der Waals surface area contributed by atoms with Gasteiger partial charge in [0, 0.05) is 0 Å². The lowest BCUT2D eigenvalue weighted by Crippen LogP contribution is -1.85. The van der Waals surface area contributed by atoms with Crippen molar-refractivity contribution in [1.29, 1.82) is 0 Å². The molecule has 0 unspecified atom stereocenters. The average molecular weight is 206 g/mol. The minimum atomic E-state index is 0.579. The van der Waals surface area contributed by atoms with Crippen LogP contribution in [-0.4, -0.2) is 7.11 Å². The zero-order valence-electron chi connectivity index (χ0n) is 8.70. The van der Waals surface area contributed by atoms with E-state index in [1.54, 1.807) is 18.4 Å². The maximum absolute atomic E-state index is 5.33. The molecule has 1 heterocycles. The van der Waals surface area contributed by atoms with Crippen LogP contribution in [0, 0.1) is 0 Å². The van der Waals surface area contributed by atoms with Crippen LogP contribution in [0.3, 0.4) is 0 Å². The Labute approximate surface area is 88.3 Å². The van der Waals surface area contributed by atoms with Crippen molar-refractivity contribution >= 4 is 21.4 Å². The van der Waals surface area contributed by atoms with Crippen LogP contribution < -0.4 is 4.74 Å². The Hall–Kier alpha value is -1.02. The number of methoxy groups -OCH3 is 1. The molecule has 0 amide bonds. The van der Waals surface area contributed by atoms with Gasteiger partial charge in [0.25, 0.3) is 0 Å². The normalized spacial score (nSPS) is 11.1. The van der Waals surface area contributed by atoms with Crippen molar-refractivity contribution in [2.45, 2.75) is 19.8 Å². The molecule has 0 spiro atoms. The third-order valence-electron chi connectivity index (χ3n) is 2.44. The molecule has 0 fully saturated rings. The number of rotatable bonds is 2. The Bertz CT molecular complexity index is 443. The van der Waals surface area contributed by atoms with E-state index in [4.69, 9.17) is 4.74 Å². The van der Waals surface area contributed by atoms with Crippen molar-refractivity contribution in [3.63, 3.8) is 0 Å². The number of ether oxygens (including phenoxy) is 1. The van der Waals surface area contributed by atoms with E-state index in [1.807, 2.05) is 6.07 Å². The Kier molecular flexibility index (Phi) is 2.46. The predicted octanol–water partition coefficient (Wildman–Crippen LogP) is 4.03. The Morgan fingerprint density at radius 2 is 2.07 bits per heavy atom. The molecule has 1 aromatic heterocycles. The maximum atomic E-state index is 5.33. The highest BCUT2D eigenvalue weighted by Gasteiger charge is 2.09. The molecule has 74 valence electrons. The summed E-state index contributed by atoms with van der Waals surface area (Å²) in [6.07, 6.45) is 0. The first-order chi connectivity index (χ1) is 6.74. The van der Waals surface area contributed by atoms with E-state index in [-0.39, 0.29) is 0 Å². The first-order valence-corrected chi connectivity index (χ1v) is 5.66. The summed E-state index contributed by atoms with van der Waals surface area (Å²) in [7, 11) is 1.73. The van der Waals surface area contributed by atoms with E-state index >= 15 is 0 Å². The Morgan fingerprint density at radius 3 is 2.71 bits per heavy atom. The van der Waals surface area contributed by atoms with Crippen LogP contribution in [0.4, 0.5) is 0 Å².